The lowest BCUT2D eigenvalue weighted by atomic mass is 9.77. The van der Waals surface area contributed by atoms with Crippen LogP contribution in [-0.2, 0) is 14.3 Å². The van der Waals surface area contributed by atoms with E-state index in [-0.39, 0.29) is 6.29 Å². The molecule has 3 nitrogen and oxygen atoms in total. The molecule has 0 aliphatic heterocycles. The predicted molar refractivity (Wildman–Crippen MR) is 79.1 cm³/mol. The highest BCUT2D eigenvalue weighted by Gasteiger charge is 2.27. The van der Waals surface area contributed by atoms with Gasteiger partial charge in [-0.2, -0.15) is 0 Å². The van der Waals surface area contributed by atoms with Gasteiger partial charge in [0.05, 0.1) is 0 Å². The van der Waals surface area contributed by atoms with Crippen LogP contribution >= 0.6 is 0 Å². The molecule has 0 bridgehead atoms. The van der Waals surface area contributed by atoms with E-state index >= 15 is 0 Å². The molecule has 2 atom stereocenters. The lowest BCUT2D eigenvalue weighted by Gasteiger charge is -2.27. The zero-order valence-electron chi connectivity index (χ0n) is 13.6. The molecule has 0 spiro atoms. The number of hydrogen-bond donors (Lipinski definition) is 0. The first-order valence-electron chi connectivity index (χ1n) is 7.68. The maximum absolute atomic E-state index is 11.4. The van der Waals surface area contributed by atoms with Crippen LogP contribution < -0.4 is 0 Å². The lowest BCUT2D eigenvalue weighted by molar-refractivity contribution is -0.127. The summed E-state index contributed by atoms with van der Waals surface area (Å²) in [6, 6.07) is 0. The monoisotopic (exact) mass is 272 g/mol. The molecule has 1 aliphatic carbocycles. The Morgan fingerprint density at radius 1 is 1.11 bits per heavy atom. The van der Waals surface area contributed by atoms with Crippen molar-refractivity contribution in [3.63, 3.8) is 0 Å². The molecule has 0 radical (unpaired) electrons. The van der Waals surface area contributed by atoms with Gasteiger partial charge in [-0.15, -0.1) is 0 Å². The summed E-state index contributed by atoms with van der Waals surface area (Å²) in [6.45, 7) is 13.7. The number of ether oxygens (including phenoxy) is 2. The second-order valence-electron chi connectivity index (χ2n) is 5.68. The Bertz CT molecular complexity index is 232. The fourth-order valence-electron chi connectivity index (χ4n) is 2.44. The third kappa shape index (κ3) is 8.38. The molecule has 0 saturated heterocycles. The van der Waals surface area contributed by atoms with E-state index in [1.54, 1.807) is 0 Å². The quantitative estimate of drug-likeness (QED) is 0.708. The second-order valence-corrected chi connectivity index (χ2v) is 5.68. The van der Waals surface area contributed by atoms with Gasteiger partial charge in [-0.25, -0.2) is 0 Å². The van der Waals surface area contributed by atoms with Crippen LogP contribution in [0.4, 0.5) is 0 Å². The molecule has 0 aromatic rings. The van der Waals surface area contributed by atoms with Crippen molar-refractivity contribution in [2.24, 2.45) is 17.8 Å². The molecule has 0 aromatic carbocycles. The SMILES string of the molecule is CC(C)[C@H]1CC[C@H](C)CC1=O.CCOC(C)OCC. The standard InChI is InChI=1S/C10H18O.C6H14O2/c1-7(2)9-5-4-8(3)6-10(9)11;1-4-7-6(3)8-5-2/h7-9H,4-6H2,1-3H3;6H,4-5H2,1-3H3/t8-,9+;/m0./s1. The summed E-state index contributed by atoms with van der Waals surface area (Å²) in [5.41, 5.74) is 0. The molecule has 1 saturated carbocycles. The van der Waals surface area contributed by atoms with E-state index < -0.39 is 0 Å². The number of carbonyl (C=O) groups excluding carboxylic acids is 1. The van der Waals surface area contributed by atoms with E-state index in [4.69, 9.17) is 9.47 Å². The summed E-state index contributed by atoms with van der Waals surface area (Å²) in [6.07, 6.45) is 3.15. The molecule has 0 unspecified atom stereocenters. The Balaban J connectivity index is 0.000000362. The predicted octanol–water partition coefficient (Wildman–Crippen LogP) is 4.05. The van der Waals surface area contributed by atoms with E-state index in [0.717, 1.165) is 26.1 Å². The smallest absolute Gasteiger partial charge is 0.154 e. The third-order valence-corrected chi connectivity index (χ3v) is 3.54. The third-order valence-electron chi connectivity index (χ3n) is 3.54. The Kier molecular flexibility index (Phi) is 10.2. The van der Waals surface area contributed by atoms with Crippen LogP contribution in [0.2, 0.25) is 0 Å². The molecule has 0 N–H and O–H groups in total. The average molecular weight is 272 g/mol. The normalized spacial score (nSPS) is 23.5. The van der Waals surface area contributed by atoms with Crippen molar-refractivity contribution in [2.75, 3.05) is 13.2 Å². The maximum atomic E-state index is 11.4. The number of rotatable bonds is 5. The van der Waals surface area contributed by atoms with E-state index in [1.807, 2.05) is 20.8 Å². The fourth-order valence-corrected chi connectivity index (χ4v) is 2.44. The molecular formula is C16H32O3. The number of Topliss-reactive ketones (excluding diaryl/α,β-unsaturated/α-hetero) is 1. The van der Waals surface area contributed by atoms with Gasteiger partial charge in [0, 0.05) is 25.6 Å². The summed E-state index contributed by atoms with van der Waals surface area (Å²) in [5.74, 6) is 2.05. The maximum Gasteiger partial charge on any atom is 0.154 e. The van der Waals surface area contributed by atoms with Crippen LogP contribution in [0, 0.1) is 17.8 Å². The topological polar surface area (TPSA) is 35.5 Å². The zero-order chi connectivity index (χ0) is 14.8. The average Bonchev–Trinajstić information content (AvgIpc) is 2.29. The first-order chi connectivity index (χ1) is 8.92. The molecule has 0 aromatic heterocycles. The molecule has 1 aliphatic rings. The van der Waals surface area contributed by atoms with Gasteiger partial charge in [0.1, 0.15) is 5.78 Å². The molecule has 0 heterocycles. The largest absolute Gasteiger partial charge is 0.353 e. The van der Waals surface area contributed by atoms with Gasteiger partial charge in [0.2, 0.25) is 0 Å². The summed E-state index contributed by atoms with van der Waals surface area (Å²) in [4.78, 5) is 11.4. The van der Waals surface area contributed by atoms with Gasteiger partial charge in [-0.05, 0) is 45.4 Å². The number of hydrogen-bond acceptors (Lipinski definition) is 3. The van der Waals surface area contributed by atoms with E-state index in [1.165, 1.54) is 6.42 Å². The molecule has 114 valence electrons. The Morgan fingerprint density at radius 3 is 2.00 bits per heavy atom. The van der Waals surface area contributed by atoms with Crippen molar-refractivity contribution >= 4 is 5.78 Å². The first kappa shape index (κ1) is 18.6. The van der Waals surface area contributed by atoms with Crippen molar-refractivity contribution in [1.29, 1.82) is 0 Å². The highest BCUT2D eigenvalue weighted by molar-refractivity contribution is 5.82. The van der Waals surface area contributed by atoms with Gasteiger partial charge in [-0.1, -0.05) is 20.8 Å². The van der Waals surface area contributed by atoms with Crippen LogP contribution in [0.3, 0.4) is 0 Å². The highest BCUT2D eigenvalue weighted by Crippen LogP contribution is 2.29. The minimum absolute atomic E-state index is 0.0370. The van der Waals surface area contributed by atoms with Gasteiger partial charge in [0.25, 0.3) is 0 Å². The van der Waals surface area contributed by atoms with Gasteiger partial charge in [-0.3, -0.25) is 4.79 Å². The van der Waals surface area contributed by atoms with Crippen LogP contribution in [-0.4, -0.2) is 25.3 Å². The Labute approximate surface area is 119 Å². The van der Waals surface area contributed by atoms with Gasteiger partial charge >= 0.3 is 0 Å². The minimum Gasteiger partial charge on any atom is -0.353 e. The minimum atomic E-state index is -0.0370. The summed E-state index contributed by atoms with van der Waals surface area (Å²) >= 11 is 0. The highest BCUT2D eigenvalue weighted by atomic mass is 16.7. The van der Waals surface area contributed by atoms with Crippen molar-refractivity contribution in [3.8, 4) is 0 Å². The zero-order valence-corrected chi connectivity index (χ0v) is 13.6. The van der Waals surface area contributed by atoms with Crippen LogP contribution in [0.15, 0.2) is 0 Å². The second kappa shape index (κ2) is 10.4. The number of carbonyl (C=O) groups is 1. The summed E-state index contributed by atoms with van der Waals surface area (Å²) < 4.78 is 10.1. The van der Waals surface area contributed by atoms with Crippen molar-refractivity contribution < 1.29 is 14.3 Å². The van der Waals surface area contributed by atoms with Crippen molar-refractivity contribution in [2.45, 2.75) is 67.1 Å². The van der Waals surface area contributed by atoms with Crippen LogP contribution in [0.5, 0.6) is 0 Å². The molecule has 3 heteroatoms. The molecule has 1 rings (SSSR count). The molecule has 19 heavy (non-hydrogen) atoms. The van der Waals surface area contributed by atoms with Crippen molar-refractivity contribution in [1.82, 2.24) is 0 Å². The molecule has 1 fully saturated rings. The lowest BCUT2D eigenvalue weighted by Crippen LogP contribution is -2.27. The summed E-state index contributed by atoms with van der Waals surface area (Å²) in [5, 5.41) is 0. The Hall–Kier alpha value is -0.410. The van der Waals surface area contributed by atoms with Crippen molar-refractivity contribution in [3.05, 3.63) is 0 Å². The van der Waals surface area contributed by atoms with Gasteiger partial charge in [0.15, 0.2) is 6.29 Å². The molecular weight excluding hydrogens is 240 g/mol. The number of ketones is 1. The van der Waals surface area contributed by atoms with Gasteiger partial charge < -0.3 is 9.47 Å². The van der Waals surface area contributed by atoms with E-state index in [2.05, 4.69) is 20.8 Å². The van der Waals surface area contributed by atoms with E-state index in [0.29, 0.717) is 23.5 Å². The molecule has 0 amide bonds. The Morgan fingerprint density at radius 2 is 1.63 bits per heavy atom. The van der Waals surface area contributed by atoms with Crippen LogP contribution in [0.25, 0.3) is 0 Å². The van der Waals surface area contributed by atoms with Crippen LogP contribution in [0.1, 0.15) is 60.8 Å². The summed E-state index contributed by atoms with van der Waals surface area (Å²) in [7, 11) is 0. The van der Waals surface area contributed by atoms with E-state index in [9.17, 15) is 4.79 Å². The first-order valence-corrected chi connectivity index (χ1v) is 7.68. The fraction of sp³-hybridized carbons (Fsp3) is 0.938.